The second kappa shape index (κ2) is 4.52. The number of aryl methyl sites for hydroxylation is 1. The van der Waals surface area contributed by atoms with Gasteiger partial charge in [0.2, 0.25) is 0 Å². The number of hydrogen-bond donors (Lipinski definition) is 2. The molecule has 4 nitrogen and oxygen atoms in total. The molecule has 19 heavy (non-hydrogen) atoms. The van der Waals surface area contributed by atoms with E-state index in [4.69, 9.17) is 5.73 Å². The molecule has 1 aromatic carbocycles. The number of aromatic nitrogens is 1. The van der Waals surface area contributed by atoms with Crippen molar-refractivity contribution < 1.29 is 0 Å². The number of benzene rings is 1. The average molecular weight is 252 g/mol. The summed E-state index contributed by atoms with van der Waals surface area (Å²) in [5.41, 5.74) is 9.40. The van der Waals surface area contributed by atoms with Crippen LogP contribution in [0.2, 0.25) is 0 Å². The Morgan fingerprint density at radius 1 is 1.47 bits per heavy atom. The van der Waals surface area contributed by atoms with Crippen LogP contribution < -0.4 is 11.1 Å². The summed E-state index contributed by atoms with van der Waals surface area (Å²) in [6.45, 7) is 3.00. The molecule has 1 fully saturated rings. The number of fused-ring (bicyclic) bond motifs is 1. The Bertz CT molecular complexity index is 679. The molecule has 96 valence electrons. The maximum atomic E-state index is 9.23. The molecule has 1 unspecified atom stereocenters. The van der Waals surface area contributed by atoms with Gasteiger partial charge in [-0.05, 0) is 43.5 Å². The second-order valence-electron chi connectivity index (χ2n) is 5.00. The Morgan fingerprint density at radius 3 is 3.00 bits per heavy atom. The van der Waals surface area contributed by atoms with E-state index >= 15 is 0 Å². The number of hydrogen-bond acceptors (Lipinski definition) is 4. The van der Waals surface area contributed by atoms with Crippen LogP contribution in [0.1, 0.15) is 35.6 Å². The van der Waals surface area contributed by atoms with Gasteiger partial charge >= 0.3 is 0 Å². The summed E-state index contributed by atoms with van der Waals surface area (Å²) in [4.78, 5) is 4.37. The van der Waals surface area contributed by atoms with Crippen molar-refractivity contribution in [2.24, 2.45) is 0 Å². The third-order valence-corrected chi connectivity index (χ3v) is 3.87. The van der Waals surface area contributed by atoms with Gasteiger partial charge < -0.3 is 11.1 Å². The molecule has 3 N–H and O–H groups in total. The van der Waals surface area contributed by atoms with Crippen LogP contribution in [0.5, 0.6) is 0 Å². The Hall–Kier alpha value is -2.12. The van der Waals surface area contributed by atoms with Crippen LogP contribution in [0, 0.1) is 18.3 Å². The van der Waals surface area contributed by atoms with Crippen molar-refractivity contribution in [2.75, 3.05) is 12.3 Å². The normalized spacial score (nSPS) is 18.6. The molecule has 1 aliphatic heterocycles. The van der Waals surface area contributed by atoms with E-state index in [-0.39, 0.29) is 0 Å². The summed E-state index contributed by atoms with van der Waals surface area (Å²) in [6.07, 6.45) is 2.32. The van der Waals surface area contributed by atoms with Gasteiger partial charge in [-0.3, -0.25) is 0 Å². The molecule has 0 aliphatic carbocycles. The minimum Gasteiger partial charge on any atom is -0.383 e. The number of nitrogens with zero attached hydrogens (tertiary/aromatic N) is 2. The summed E-state index contributed by atoms with van der Waals surface area (Å²) >= 11 is 0. The lowest BCUT2D eigenvalue weighted by molar-refractivity contribution is 0.652. The highest BCUT2D eigenvalue weighted by atomic mass is 14.9. The molecule has 1 aromatic heterocycles. The van der Waals surface area contributed by atoms with E-state index in [2.05, 4.69) is 22.4 Å². The first-order valence-electron chi connectivity index (χ1n) is 6.54. The van der Waals surface area contributed by atoms with Crippen LogP contribution in [0.15, 0.2) is 18.2 Å². The molecule has 4 heteroatoms. The third kappa shape index (κ3) is 1.83. The standard InChI is InChI=1S/C15H16N4/c1-9-11(8-16)15(17)19-13-5-2-4-10(14(9)13)12-6-3-7-18-12/h2,4-5,12,18H,3,6-7H2,1H3,(H2,17,19). The summed E-state index contributed by atoms with van der Waals surface area (Å²) < 4.78 is 0. The molecule has 2 heterocycles. The molecule has 1 atom stereocenters. The van der Waals surface area contributed by atoms with E-state index in [0.29, 0.717) is 17.4 Å². The molecule has 3 rings (SSSR count). The highest BCUT2D eigenvalue weighted by molar-refractivity contribution is 5.90. The first-order valence-corrected chi connectivity index (χ1v) is 6.54. The third-order valence-electron chi connectivity index (χ3n) is 3.87. The zero-order valence-corrected chi connectivity index (χ0v) is 10.9. The van der Waals surface area contributed by atoms with Gasteiger partial charge in [0, 0.05) is 11.4 Å². The number of nitriles is 1. The predicted octanol–water partition coefficient (Wildman–Crippen LogP) is 2.42. The van der Waals surface area contributed by atoms with Crippen LogP contribution in [0.4, 0.5) is 5.82 Å². The second-order valence-corrected chi connectivity index (χ2v) is 5.00. The lowest BCUT2D eigenvalue weighted by Gasteiger charge is -2.16. The Morgan fingerprint density at radius 2 is 2.32 bits per heavy atom. The van der Waals surface area contributed by atoms with E-state index in [9.17, 15) is 5.26 Å². The van der Waals surface area contributed by atoms with Gasteiger partial charge in [0.15, 0.2) is 0 Å². The van der Waals surface area contributed by atoms with Gasteiger partial charge in [-0.1, -0.05) is 12.1 Å². The Kier molecular flexibility index (Phi) is 2.84. The molecule has 0 saturated carbocycles. The van der Waals surface area contributed by atoms with E-state index in [1.165, 1.54) is 12.0 Å². The van der Waals surface area contributed by atoms with Crippen LogP contribution >= 0.6 is 0 Å². The number of nitrogens with two attached hydrogens (primary N) is 1. The fourth-order valence-electron chi connectivity index (χ4n) is 2.94. The van der Waals surface area contributed by atoms with Crippen LogP contribution in [0.25, 0.3) is 10.9 Å². The van der Waals surface area contributed by atoms with Gasteiger partial charge in [0.25, 0.3) is 0 Å². The largest absolute Gasteiger partial charge is 0.383 e. The SMILES string of the molecule is Cc1c(C#N)c(N)nc2cccc(C3CCCN3)c12. The highest BCUT2D eigenvalue weighted by Gasteiger charge is 2.21. The van der Waals surface area contributed by atoms with Crippen molar-refractivity contribution in [3.63, 3.8) is 0 Å². The molecular formula is C15H16N4. The van der Waals surface area contributed by atoms with Crippen molar-refractivity contribution in [1.29, 1.82) is 5.26 Å². The van der Waals surface area contributed by atoms with Gasteiger partial charge in [-0.25, -0.2) is 4.98 Å². The van der Waals surface area contributed by atoms with Crippen LogP contribution in [0.3, 0.4) is 0 Å². The fourth-order valence-corrected chi connectivity index (χ4v) is 2.94. The number of anilines is 1. The summed E-state index contributed by atoms with van der Waals surface area (Å²) in [5, 5.41) is 13.8. The fraction of sp³-hybridized carbons (Fsp3) is 0.333. The molecule has 0 spiro atoms. The lowest BCUT2D eigenvalue weighted by atomic mass is 9.95. The van der Waals surface area contributed by atoms with Crippen molar-refractivity contribution in [3.8, 4) is 6.07 Å². The van der Waals surface area contributed by atoms with Gasteiger partial charge in [0.1, 0.15) is 11.9 Å². The number of pyridine rings is 1. The molecule has 0 amide bonds. The monoisotopic (exact) mass is 252 g/mol. The summed E-state index contributed by atoms with van der Waals surface area (Å²) in [6, 6.07) is 8.61. The Balaban J connectivity index is 2.32. The number of nitrogens with one attached hydrogen (secondary N) is 1. The molecule has 0 radical (unpaired) electrons. The van der Waals surface area contributed by atoms with E-state index in [1.807, 2.05) is 19.1 Å². The van der Waals surface area contributed by atoms with Crippen molar-refractivity contribution in [3.05, 3.63) is 34.9 Å². The average Bonchev–Trinajstić information content (AvgIpc) is 2.92. The smallest absolute Gasteiger partial charge is 0.142 e. The highest BCUT2D eigenvalue weighted by Crippen LogP contribution is 2.33. The minimum absolute atomic E-state index is 0.323. The topological polar surface area (TPSA) is 74.7 Å². The van der Waals surface area contributed by atoms with E-state index in [1.54, 1.807) is 0 Å². The molecule has 1 saturated heterocycles. The zero-order valence-electron chi connectivity index (χ0n) is 10.9. The number of nitrogen functional groups attached to an aromatic ring is 1. The lowest BCUT2D eigenvalue weighted by Crippen LogP contribution is -2.14. The molecule has 0 bridgehead atoms. The zero-order chi connectivity index (χ0) is 13.4. The van der Waals surface area contributed by atoms with Gasteiger partial charge in [-0.2, -0.15) is 5.26 Å². The van der Waals surface area contributed by atoms with E-state index < -0.39 is 0 Å². The quantitative estimate of drug-likeness (QED) is 0.817. The predicted molar refractivity (Wildman–Crippen MR) is 75.6 cm³/mol. The number of rotatable bonds is 1. The van der Waals surface area contributed by atoms with Crippen molar-refractivity contribution in [2.45, 2.75) is 25.8 Å². The molecular weight excluding hydrogens is 236 g/mol. The summed E-state index contributed by atoms with van der Waals surface area (Å²) in [7, 11) is 0. The van der Waals surface area contributed by atoms with Crippen LogP contribution in [-0.4, -0.2) is 11.5 Å². The Labute approximate surface area is 112 Å². The van der Waals surface area contributed by atoms with Crippen LogP contribution in [-0.2, 0) is 0 Å². The maximum Gasteiger partial charge on any atom is 0.142 e. The van der Waals surface area contributed by atoms with Crippen molar-refractivity contribution in [1.82, 2.24) is 10.3 Å². The molecule has 1 aliphatic rings. The van der Waals surface area contributed by atoms with Gasteiger partial charge in [0.05, 0.1) is 11.1 Å². The van der Waals surface area contributed by atoms with Gasteiger partial charge in [-0.15, -0.1) is 0 Å². The first kappa shape index (κ1) is 11.9. The van der Waals surface area contributed by atoms with E-state index in [0.717, 1.165) is 29.4 Å². The minimum atomic E-state index is 0.323. The van der Waals surface area contributed by atoms with Crippen molar-refractivity contribution >= 4 is 16.7 Å². The first-order chi connectivity index (χ1) is 9.22. The maximum absolute atomic E-state index is 9.23. The summed E-state index contributed by atoms with van der Waals surface area (Å²) in [5.74, 6) is 0.323. The molecule has 2 aromatic rings.